The van der Waals surface area contributed by atoms with Crippen molar-refractivity contribution in [1.82, 2.24) is 117 Å². The second-order valence-corrected chi connectivity index (χ2v) is 41.1. The van der Waals surface area contributed by atoms with E-state index >= 15 is 0 Å². The van der Waals surface area contributed by atoms with Crippen molar-refractivity contribution in [2.75, 3.05) is 107 Å². The van der Waals surface area contributed by atoms with Crippen LogP contribution in [0.2, 0.25) is 0 Å². The Bertz CT molecular complexity index is 8800. The third-order valence-corrected chi connectivity index (χ3v) is 29.1. The highest BCUT2D eigenvalue weighted by molar-refractivity contribution is 7.90. The molecule has 144 heavy (non-hydrogen) atoms. The van der Waals surface area contributed by atoms with E-state index in [-0.39, 0.29) is 168 Å². The lowest BCUT2D eigenvalue weighted by Crippen LogP contribution is -2.31. The Balaban J connectivity index is 0.000000192. The Morgan fingerprint density at radius 1 is 0.361 bits per heavy atom. The highest BCUT2D eigenvalue weighted by atomic mass is 32.2. The number of likely N-dealkylation sites (tertiary alicyclic amines) is 4. The van der Waals surface area contributed by atoms with Crippen molar-refractivity contribution in [2.45, 2.75) is 253 Å². The number of benzene rings is 4. The van der Waals surface area contributed by atoms with Crippen LogP contribution in [0.3, 0.4) is 0 Å². The van der Waals surface area contributed by atoms with Crippen molar-refractivity contribution in [3.63, 3.8) is 0 Å². The summed E-state index contributed by atoms with van der Waals surface area (Å²) in [6.45, 7) is -1.82. The summed E-state index contributed by atoms with van der Waals surface area (Å²) in [6.07, 6.45) is -13.2. The molecule has 4 aliphatic heterocycles. The lowest BCUT2D eigenvalue weighted by Gasteiger charge is -2.19. The molecule has 5 atom stereocenters. The van der Waals surface area contributed by atoms with E-state index in [1.54, 1.807) is 38.0 Å². The maximum absolute atomic E-state index is 13.5. The molecule has 40 nitrogen and oxygen atoms in total. The van der Waals surface area contributed by atoms with Gasteiger partial charge in [0, 0.05) is 123 Å². The van der Waals surface area contributed by atoms with Crippen molar-refractivity contribution in [3.05, 3.63) is 137 Å². The number of aryl methyl sites for hydroxylation is 8. The molecule has 0 radical (unpaired) electrons. The van der Waals surface area contributed by atoms with E-state index < -0.39 is 231 Å². The average molecular weight is 2100 g/mol. The van der Waals surface area contributed by atoms with Gasteiger partial charge in [-0.05, 0) is 255 Å². The normalized spacial score (nSPS) is 21.7. The Morgan fingerprint density at radius 3 is 0.903 bits per heavy atom. The van der Waals surface area contributed by atoms with Crippen LogP contribution in [0.25, 0.3) is 89.7 Å². The van der Waals surface area contributed by atoms with Crippen LogP contribution in [0.4, 0.5) is 0 Å². The van der Waals surface area contributed by atoms with Gasteiger partial charge >= 0.3 is 0 Å². The van der Waals surface area contributed by atoms with Gasteiger partial charge in [-0.2, -0.15) is 20.4 Å². The van der Waals surface area contributed by atoms with Gasteiger partial charge in [0.2, 0.25) is 40.1 Å². The quantitative estimate of drug-likeness (QED) is 0.0176. The maximum Gasteiger partial charge on any atom is 0.277 e. The molecular formula is C100H144N24O16S4. The highest BCUT2D eigenvalue weighted by Crippen LogP contribution is 2.38. The van der Waals surface area contributed by atoms with Crippen molar-refractivity contribution in [2.24, 2.45) is 27.9 Å². The third kappa shape index (κ3) is 26.5. The summed E-state index contributed by atoms with van der Waals surface area (Å²) in [4.78, 5) is 86.5. The van der Waals surface area contributed by atoms with E-state index in [0.717, 1.165) is 57.0 Å². The van der Waals surface area contributed by atoms with Crippen LogP contribution in [0.15, 0.2) is 112 Å². The van der Waals surface area contributed by atoms with Crippen molar-refractivity contribution < 1.29 is 97.9 Å². The topological polar surface area (TPSA) is 489 Å². The fourth-order valence-corrected chi connectivity index (χ4v) is 20.0. The number of H-pyrrole nitrogens is 4. The zero-order valence-electron chi connectivity index (χ0n) is 115. The Labute approximate surface area is 889 Å². The fraction of sp³-hybridized carbons (Fsp3) is 0.560. The molecule has 0 amide bonds. The molecule has 8 N–H and O–H groups in total. The lowest BCUT2D eigenvalue weighted by atomic mass is 10.1. The summed E-state index contributed by atoms with van der Waals surface area (Å²) >= 11 is 0. The molecule has 44 heteroatoms. The fourth-order valence-electron chi connectivity index (χ4n) is 16.4. The van der Waals surface area contributed by atoms with Gasteiger partial charge in [0.15, 0.2) is 22.1 Å². The van der Waals surface area contributed by atoms with Crippen molar-refractivity contribution in [1.29, 1.82) is 0 Å². The minimum atomic E-state index is -4.72. The first-order chi connectivity index (χ1) is 81.3. The van der Waals surface area contributed by atoms with Gasteiger partial charge in [0.1, 0.15) is 68.4 Å². The number of nitrogens with one attached hydrogen (secondary N) is 8. The Hall–Kier alpha value is -11.0. The number of hydrogen-bond donors (Lipinski definition) is 8. The third-order valence-electron chi connectivity index (χ3n) is 23.7. The summed E-state index contributed by atoms with van der Waals surface area (Å²) in [5.74, 6) is -0.317. The highest BCUT2D eigenvalue weighted by Gasteiger charge is 2.32. The van der Waals surface area contributed by atoms with Crippen molar-refractivity contribution in [3.8, 4) is 68.5 Å². The zero-order chi connectivity index (χ0) is 132. The molecule has 4 saturated heterocycles. The number of ether oxygens (including phenoxy) is 4. The van der Waals surface area contributed by atoms with E-state index in [1.807, 2.05) is 42.2 Å². The van der Waals surface area contributed by atoms with Crippen LogP contribution < -0.4 is 60.1 Å². The first-order valence-electron chi connectivity index (χ1n) is 63.4. The molecule has 784 valence electrons. The molecule has 12 heterocycles. The van der Waals surface area contributed by atoms with Crippen LogP contribution >= 0.6 is 0 Å². The van der Waals surface area contributed by atoms with Crippen LogP contribution in [0.5, 0.6) is 23.0 Å². The Kier molecular flexibility index (Phi) is 25.3. The van der Waals surface area contributed by atoms with Gasteiger partial charge in [-0.3, -0.25) is 37.9 Å². The number of aromatic nitrogens is 16. The van der Waals surface area contributed by atoms with E-state index in [2.05, 4.69) is 74.4 Å². The molecule has 0 spiro atoms. The molecule has 12 aromatic rings. The van der Waals surface area contributed by atoms with E-state index in [1.165, 1.54) is 69.3 Å². The number of rotatable bonds is 44. The predicted molar refractivity (Wildman–Crippen MR) is 559 cm³/mol. The number of sulfonamides is 4. The van der Waals surface area contributed by atoms with Gasteiger partial charge in [0.25, 0.3) is 22.2 Å². The molecule has 5 unspecified atom stereocenters. The standard InChI is InChI=1S/4C25H36N6O4S/c4*1-5-8-20-22-23(31(4)29-20)25(32)28-24(27-22)19-16-18(10-11-21(19)35-15-6-2)36(33,34)26-13-12-17-9-7-14-30(17)3/h4*10-11,16-17,26H,5-9,12-15H2,1-4H3,(H,27,28,32)/i4D3,5D2,12D2,13D2;4D3,5D2,12D2,13D;4D3,5D2,8D2,12D2;4D3,5D2,12D2. The van der Waals surface area contributed by atoms with E-state index in [9.17, 15) is 52.8 Å². The average Bonchev–Trinajstić information content (AvgIpc) is 1.57. The van der Waals surface area contributed by atoms with Gasteiger partial charge in [0.05, 0.1) is 91.0 Å². The Morgan fingerprint density at radius 2 is 0.632 bits per heavy atom. The zero-order valence-corrected chi connectivity index (χ0v) is 85.1. The lowest BCUT2D eigenvalue weighted by molar-refractivity contribution is 0.297. The maximum atomic E-state index is 13.5. The SMILES string of the molecule is [2H]C(NS(=O)(=O)c1ccc(OCCC)c(-c2nc3c(CC([2H])([2H])C)nn(C([2H])([2H])[2H])c3c(=O)[nH]2)c1)C([2H])([2H])C1CCCN1C.[2H]C([2H])(C)Cc1nn(C([2H])([2H])[2H])c2c(=O)[nH]c(-c3cc(S(=O)(=O)NC([2H])([2H])C([2H])([2H])C4CCCN4C)ccc3OCCC)nc12.[2H]C([2H])(C)Cc1nn(C([2H])([2H])[2H])c2c(=O)[nH]c(-c3cc(S(=O)(=O)NCC([2H])([2H])C4CCCN4C)ccc3OCCC)nc12.[2H]C([2H])(CNS(=O)(=O)c1ccc(OCCC)c(-c2nc3c(C([2H])([2H])C([2H])([2H])C)nn(C([2H])([2H])[2H])c3c(=O)[nH]2)c1)C1CCCN1C. The first kappa shape index (κ1) is 73.1. The second kappa shape index (κ2) is 49.9. The van der Waals surface area contributed by atoms with Crippen LogP contribution in [-0.2, 0) is 93.6 Å². The number of aromatic amines is 4. The molecule has 4 aliphatic rings. The largest absolute Gasteiger partial charge is 0.493 e. The molecule has 0 bridgehead atoms. The molecule has 8 aromatic heterocycles. The van der Waals surface area contributed by atoms with E-state index in [0.29, 0.717) is 96.1 Å². The summed E-state index contributed by atoms with van der Waals surface area (Å²) in [6, 6.07) is 12.5. The van der Waals surface area contributed by atoms with E-state index in [4.69, 9.17) is 64.2 Å². The van der Waals surface area contributed by atoms with Gasteiger partial charge < -0.3 is 58.5 Å². The van der Waals surface area contributed by atoms with Crippen LogP contribution in [-0.4, -0.2) is 263 Å². The van der Waals surface area contributed by atoms with Crippen molar-refractivity contribution >= 4 is 84.2 Å². The molecule has 4 aromatic carbocycles. The first-order valence-corrected chi connectivity index (χ1v) is 52.7. The number of hydrogen-bond acceptors (Lipinski definition) is 28. The van der Waals surface area contributed by atoms with Crippen LogP contribution in [0, 0.1) is 0 Å². The number of nitrogens with zero attached hydrogens (tertiary/aromatic N) is 16. The smallest absolute Gasteiger partial charge is 0.277 e. The minimum absolute atomic E-state index is 0.0208. The monoisotopic (exact) mass is 2100 g/mol. The van der Waals surface area contributed by atoms with Crippen LogP contribution in [0.1, 0.15) is 251 Å². The molecule has 16 rings (SSSR count). The summed E-state index contributed by atoms with van der Waals surface area (Å²) < 4.78 is 409. The van der Waals surface area contributed by atoms with Gasteiger partial charge in [-0.15, -0.1) is 0 Å². The predicted octanol–water partition coefficient (Wildman–Crippen LogP) is 11.3. The second-order valence-electron chi connectivity index (χ2n) is 34.2. The summed E-state index contributed by atoms with van der Waals surface area (Å²) in [5.41, 5.74) is -7.53. The molecule has 4 fully saturated rings. The molecular weight excluding hydrogens is 1920 g/mol. The summed E-state index contributed by atoms with van der Waals surface area (Å²) in [7, 11) is -10.8. The summed E-state index contributed by atoms with van der Waals surface area (Å²) in [5, 5.41) is 15.8. The number of fused-ring (bicyclic) bond motifs is 4. The van der Waals surface area contributed by atoms with Gasteiger partial charge in [-0.25, -0.2) is 72.5 Å². The molecule has 0 aliphatic carbocycles. The minimum Gasteiger partial charge on any atom is -0.493 e. The molecule has 0 saturated carbocycles. The van der Waals surface area contributed by atoms with Gasteiger partial charge in [-0.1, -0.05) is 80.9 Å².